The quantitative estimate of drug-likeness (QED) is 0.678. The third kappa shape index (κ3) is 2.20. The molecule has 2 rings (SSSR count). The van der Waals surface area contributed by atoms with Crippen LogP contribution >= 0.6 is 0 Å². The zero-order chi connectivity index (χ0) is 8.39. The Hall–Kier alpha value is -0.0800. The first-order chi connectivity index (χ1) is 5.86. The summed E-state index contributed by atoms with van der Waals surface area (Å²) in [6.07, 6.45) is 5.71. The van der Waals surface area contributed by atoms with Crippen molar-refractivity contribution >= 4 is 0 Å². The minimum absolute atomic E-state index is 0.819. The highest BCUT2D eigenvalue weighted by Gasteiger charge is 2.26. The second-order valence-electron chi connectivity index (χ2n) is 4.38. The maximum absolute atomic E-state index is 3.47. The first-order valence-electron chi connectivity index (χ1n) is 5.27. The van der Waals surface area contributed by atoms with E-state index >= 15 is 0 Å². The van der Waals surface area contributed by atoms with E-state index in [2.05, 4.69) is 17.3 Å². The predicted octanol–water partition coefficient (Wildman–Crippen LogP) is 1.08. The molecule has 0 radical (unpaired) electrons. The third-order valence-corrected chi connectivity index (χ3v) is 3.14. The summed E-state index contributed by atoms with van der Waals surface area (Å²) < 4.78 is 0. The third-order valence-electron chi connectivity index (χ3n) is 3.14. The van der Waals surface area contributed by atoms with Crippen LogP contribution in [0, 0.1) is 5.92 Å². The fourth-order valence-corrected chi connectivity index (χ4v) is 2.07. The first kappa shape index (κ1) is 8.52. The van der Waals surface area contributed by atoms with Crippen LogP contribution in [0.4, 0.5) is 0 Å². The van der Waals surface area contributed by atoms with Gasteiger partial charge in [-0.05, 0) is 45.2 Å². The lowest BCUT2D eigenvalue weighted by Crippen LogP contribution is -2.44. The van der Waals surface area contributed by atoms with E-state index in [-0.39, 0.29) is 0 Å². The summed E-state index contributed by atoms with van der Waals surface area (Å²) >= 11 is 0. The zero-order valence-electron chi connectivity index (χ0n) is 8.05. The van der Waals surface area contributed by atoms with Crippen molar-refractivity contribution in [3.05, 3.63) is 0 Å². The highest BCUT2D eigenvalue weighted by molar-refractivity contribution is 4.82. The Bertz CT molecular complexity index is 137. The van der Waals surface area contributed by atoms with Crippen molar-refractivity contribution in [2.24, 2.45) is 5.92 Å². The van der Waals surface area contributed by atoms with E-state index in [4.69, 9.17) is 0 Å². The largest absolute Gasteiger partial charge is 0.315 e. The molecule has 1 saturated carbocycles. The molecule has 2 heteroatoms. The zero-order valence-corrected chi connectivity index (χ0v) is 8.05. The van der Waals surface area contributed by atoms with Crippen molar-refractivity contribution in [1.29, 1.82) is 0 Å². The monoisotopic (exact) mass is 168 g/mol. The molecule has 2 nitrogen and oxygen atoms in total. The predicted molar refractivity (Wildman–Crippen MR) is 51.2 cm³/mol. The lowest BCUT2D eigenvalue weighted by Gasteiger charge is -2.31. The molecule has 1 N–H and O–H groups in total. The second kappa shape index (κ2) is 3.75. The van der Waals surface area contributed by atoms with Gasteiger partial charge in [-0.3, -0.25) is 0 Å². The van der Waals surface area contributed by atoms with Gasteiger partial charge in [0.25, 0.3) is 0 Å². The molecule has 1 atom stereocenters. The normalized spacial score (nSPS) is 31.0. The molecule has 1 saturated heterocycles. The van der Waals surface area contributed by atoms with E-state index in [1.807, 2.05) is 0 Å². The number of rotatable bonds is 3. The minimum Gasteiger partial charge on any atom is -0.315 e. The molecule has 0 aromatic carbocycles. The van der Waals surface area contributed by atoms with Gasteiger partial charge in [0.1, 0.15) is 0 Å². The summed E-state index contributed by atoms with van der Waals surface area (Å²) in [5, 5.41) is 3.47. The minimum atomic E-state index is 0.819. The van der Waals surface area contributed by atoms with Gasteiger partial charge in [-0.25, -0.2) is 0 Å². The van der Waals surface area contributed by atoms with Gasteiger partial charge in [-0.1, -0.05) is 0 Å². The van der Waals surface area contributed by atoms with Crippen molar-refractivity contribution in [1.82, 2.24) is 10.2 Å². The van der Waals surface area contributed by atoms with Crippen LogP contribution in [0.3, 0.4) is 0 Å². The molecule has 1 aliphatic heterocycles. The molecule has 0 aromatic heterocycles. The van der Waals surface area contributed by atoms with Crippen molar-refractivity contribution in [2.75, 3.05) is 26.7 Å². The number of hydrogen-bond acceptors (Lipinski definition) is 2. The van der Waals surface area contributed by atoms with Crippen molar-refractivity contribution in [3.8, 4) is 0 Å². The molecule has 0 spiro atoms. The number of piperidine rings is 1. The van der Waals surface area contributed by atoms with Gasteiger partial charge in [-0.2, -0.15) is 0 Å². The summed E-state index contributed by atoms with van der Waals surface area (Å²) in [5.74, 6) is 1.04. The summed E-state index contributed by atoms with van der Waals surface area (Å²) in [6, 6.07) is 0.819. The fraction of sp³-hybridized carbons (Fsp3) is 1.00. The summed E-state index contributed by atoms with van der Waals surface area (Å²) in [6.45, 7) is 3.78. The standard InChI is InChI=1S/C10H20N2/c1-12(8-9-4-5-9)10-3-2-6-11-7-10/h9-11H,2-8H2,1H3. The maximum Gasteiger partial charge on any atom is 0.0218 e. The van der Waals surface area contributed by atoms with Crippen LogP contribution in [0.1, 0.15) is 25.7 Å². The van der Waals surface area contributed by atoms with Gasteiger partial charge in [-0.15, -0.1) is 0 Å². The molecule has 2 aliphatic rings. The summed E-state index contributed by atoms with van der Waals surface area (Å²) in [5.41, 5.74) is 0. The molecular formula is C10H20N2. The average molecular weight is 168 g/mol. The van der Waals surface area contributed by atoms with Crippen LogP contribution in [0.2, 0.25) is 0 Å². The van der Waals surface area contributed by atoms with Crippen LogP contribution in [-0.2, 0) is 0 Å². The summed E-state index contributed by atoms with van der Waals surface area (Å²) in [7, 11) is 2.29. The van der Waals surface area contributed by atoms with Gasteiger partial charge in [0.2, 0.25) is 0 Å². The Morgan fingerprint density at radius 2 is 2.17 bits per heavy atom. The molecule has 0 bridgehead atoms. The Labute approximate surface area is 75.3 Å². The Balaban J connectivity index is 1.72. The Morgan fingerprint density at radius 1 is 1.33 bits per heavy atom. The Morgan fingerprint density at radius 3 is 2.75 bits per heavy atom. The van der Waals surface area contributed by atoms with Gasteiger partial charge in [0.05, 0.1) is 0 Å². The highest BCUT2D eigenvalue weighted by atomic mass is 15.2. The smallest absolute Gasteiger partial charge is 0.0218 e. The molecule has 70 valence electrons. The second-order valence-corrected chi connectivity index (χ2v) is 4.38. The maximum atomic E-state index is 3.47. The van der Waals surface area contributed by atoms with E-state index in [9.17, 15) is 0 Å². The Kier molecular flexibility index (Phi) is 2.66. The van der Waals surface area contributed by atoms with Crippen LogP contribution in [0.15, 0.2) is 0 Å². The molecule has 1 unspecified atom stereocenters. The fourth-order valence-electron chi connectivity index (χ4n) is 2.07. The van der Waals surface area contributed by atoms with E-state index < -0.39 is 0 Å². The lowest BCUT2D eigenvalue weighted by molar-refractivity contribution is 0.196. The van der Waals surface area contributed by atoms with Gasteiger partial charge in [0, 0.05) is 19.1 Å². The van der Waals surface area contributed by atoms with Crippen molar-refractivity contribution in [3.63, 3.8) is 0 Å². The average Bonchev–Trinajstić information content (AvgIpc) is 2.90. The van der Waals surface area contributed by atoms with Gasteiger partial charge >= 0.3 is 0 Å². The van der Waals surface area contributed by atoms with E-state index in [1.165, 1.54) is 45.3 Å². The topological polar surface area (TPSA) is 15.3 Å². The molecule has 12 heavy (non-hydrogen) atoms. The van der Waals surface area contributed by atoms with E-state index in [0.717, 1.165) is 12.0 Å². The molecular weight excluding hydrogens is 148 g/mol. The van der Waals surface area contributed by atoms with Crippen LogP contribution < -0.4 is 5.32 Å². The van der Waals surface area contributed by atoms with Crippen molar-refractivity contribution < 1.29 is 0 Å². The molecule has 2 fully saturated rings. The number of nitrogens with zero attached hydrogens (tertiary/aromatic N) is 1. The van der Waals surface area contributed by atoms with Gasteiger partial charge in [0.15, 0.2) is 0 Å². The number of nitrogens with one attached hydrogen (secondary N) is 1. The van der Waals surface area contributed by atoms with Crippen LogP contribution in [0.25, 0.3) is 0 Å². The molecule has 0 amide bonds. The lowest BCUT2D eigenvalue weighted by atomic mass is 10.1. The molecule has 0 aromatic rings. The summed E-state index contributed by atoms with van der Waals surface area (Å²) in [4.78, 5) is 2.56. The molecule has 1 heterocycles. The molecule has 1 aliphatic carbocycles. The highest BCUT2D eigenvalue weighted by Crippen LogP contribution is 2.30. The number of hydrogen-bond donors (Lipinski definition) is 1. The van der Waals surface area contributed by atoms with Crippen LogP contribution in [-0.4, -0.2) is 37.6 Å². The van der Waals surface area contributed by atoms with Crippen LogP contribution in [0.5, 0.6) is 0 Å². The first-order valence-corrected chi connectivity index (χ1v) is 5.27. The van der Waals surface area contributed by atoms with Crippen molar-refractivity contribution in [2.45, 2.75) is 31.7 Å². The van der Waals surface area contributed by atoms with Gasteiger partial charge < -0.3 is 10.2 Å². The SMILES string of the molecule is CN(CC1CC1)C1CCCNC1. The van der Waals surface area contributed by atoms with E-state index in [0.29, 0.717) is 0 Å². The number of likely N-dealkylation sites (N-methyl/N-ethyl adjacent to an activating group) is 1. The van der Waals surface area contributed by atoms with E-state index in [1.54, 1.807) is 0 Å².